The van der Waals surface area contributed by atoms with Crippen molar-refractivity contribution < 1.29 is 48.0 Å². The molecule has 0 bridgehead atoms. The van der Waals surface area contributed by atoms with E-state index in [1.807, 2.05) is 0 Å². The third-order valence-electron chi connectivity index (χ3n) is 2.62. The van der Waals surface area contributed by atoms with Gasteiger partial charge in [0.15, 0.2) is 0 Å². The Morgan fingerprint density at radius 2 is 1.24 bits per heavy atom. The van der Waals surface area contributed by atoms with Crippen molar-refractivity contribution in [1.29, 1.82) is 0 Å². The molecule has 0 amide bonds. The first-order valence-electron chi connectivity index (χ1n) is 5.22. The largest absolute Gasteiger partial charge is 1.00 e. The molecule has 17 heavy (non-hydrogen) atoms. The first kappa shape index (κ1) is 18.3. The van der Waals surface area contributed by atoms with E-state index in [9.17, 15) is 0 Å². The second kappa shape index (κ2) is 6.63. The minimum Gasteiger partial charge on any atom is -1.00 e. The molecule has 0 aromatic carbocycles. The Labute approximate surface area is 132 Å². The van der Waals surface area contributed by atoms with Gasteiger partial charge >= 0.3 is 108 Å². The molecule has 2 rings (SSSR count). The number of hydrogen-bond acceptors (Lipinski definition) is 0. The fourth-order valence-corrected chi connectivity index (χ4v) is 14.3. The molecule has 0 aromatic rings. The monoisotopic (exact) mass is 382 g/mol. The SMILES string of the molecule is CC1=P[C](C)([Zr+2][C]2(C)C=CC(C)=P2)C=C1.[Cl-].[Cl-]. The van der Waals surface area contributed by atoms with Crippen LogP contribution in [0, 0.1) is 0 Å². The molecular formula is C12H16Cl2P2Zr. The van der Waals surface area contributed by atoms with Crippen LogP contribution in [-0.4, -0.2) is 16.3 Å². The van der Waals surface area contributed by atoms with Gasteiger partial charge in [-0.15, -0.1) is 0 Å². The molecule has 0 nitrogen and oxygen atoms in total. The summed E-state index contributed by atoms with van der Waals surface area (Å²) in [6.45, 7) is 9.42. The van der Waals surface area contributed by atoms with E-state index in [1.165, 1.54) is 0 Å². The van der Waals surface area contributed by atoms with E-state index in [2.05, 4.69) is 52.0 Å². The molecular weight excluding hydrogens is 368 g/mol. The Morgan fingerprint density at radius 3 is 1.47 bits per heavy atom. The van der Waals surface area contributed by atoms with Crippen molar-refractivity contribution in [3.63, 3.8) is 0 Å². The molecule has 0 aromatic heterocycles. The Hall–Kier alpha value is 1.28. The van der Waals surface area contributed by atoms with Crippen LogP contribution in [0.3, 0.4) is 0 Å². The maximum atomic E-state index is 2.47. The smallest absolute Gasteiger partial charge is 1.00 e. The first-order valence-corrected chi connectivity index (χ1v) is 9.46. The summed E-state index contributed by atoms with van der Waals surface area (Å²) < 4.78 is 1.06. The van der Waals surface area contributed by atoms with Crippen molar-refractivity contribution in [2.75, 3.05) is 0 Å². The predicted molar refractivity (Wildman–Crippen MR) is 70.3 cm³/mol. The van der Waals surface area contributed by atoms with Gasteiger partial charge in [0.05, 0.1) is 0 Å². The molecule has 92 valence electrons. The molecule has 5 heteroatoms. The summed E-state index contributed by atoms with van der Waals surface area (Å²) in [5.74, 6) is 0. The van der Waals surface area contributed by atoms with Crippen LogP contribution in [0.2, 0.25) is 0 Å². The Kier molecular flexibility index (Phi) is 7.13. The van der Waals surface area contributed by atoms with Crippen molar-refractivity contribution >= 4 is 27.0 Å². The summed E-state index contributed by atoms with van der Waals surface area (Å²) in [5, 5.41) is 3.09. The van der Waals surface area contributed by atoms with E-state index in [1.54, 1.807) is 27.0 Å². The topological polar surface area (TPSA) is 0 Å². The van der Waals surface area contributed by atoms with Gasteiger partial charge in [0.25, 0.3) is 0 Å². The quantitative estimate of drug-likeness (QED) is 0.480. The summed E-state index contributed by atoms with van der Waals surface area (Å²) in [5.41, 5.74) is 0. The number of rotatable bonds is 2. The van der Waals surface area contributed by atoms with Gasteiger partial charge in [0.1, 0.15) is 0 Å². The van der Waals surface area contributed by atoms with Crippen LogP contribution in [-0.2, 0) is 23.2 Å². The molecule has 2 unspecified atom stereocenters. The van der Waals surface area contributed by atoms with E-state index in [0.717, 1.165) is 0 Å². The summed E-state index contributed by atoms with van der Waals surface area (Å²) >= 11 is -0.443. The molecule has 2 heterocycles. The van der Waals surface area contributed by atoms with E-state index in [0.29, 0.717) is 5.73 Å². The van der Waals surface area contributed by atoms with Gasteiger partial charge < -0.3 is 24.8 Å². The molecule has 0 fully saturated rings. The van der Waals surface area contributed by atoms with Gasteiger partial charge in [-0.1, -0.05) is 0 Å². The molecule has 0 radical (unpaired) electrons. The van der Waals surface area contributed by atoms with E-state index < -0.39 is 23.2 Å². The van der Waals surface area contributed by atoms with Gasteiger partial charge in [-0.3, -0.25) is 0 Å². The van der Waals surface area contributed by atoms with Crippen LogP contribution in [0.5, 0.6) is 0 Å². The third kappa shape index (κ3) is 4.71. The second-order valence-corrected chi connectivity index (χ2v) is 16.1. The summed E-state index contributed by atoms with van der Waals surface area (Å²) in [6, 6.07) is 0. The maximum absolute atomic E-state index is 2.47. The predicted octanol–water partition coefficient (Wildman–Crippen LogP) is -2.07. The molecule has 0 N–H and O–H groups in total. The Balaban J connectivity index is 0.00000128. The molecule has 2 aliphatic heterocycles. The molecule has 2 aliphatic rings. The number of hydrogen-bond donors (Lipinski definition) is 0. The number of halogens is 2. The molecule has 2 atom stereocenters. The van der Waals surface area contributed by atoms with Crippen LogP contribution >= 0.6 is 16.4 Å². The standard InChI is InChI=1S/2C6H8P.2ClH.Zr/c2*1-5-3-4-6(2)7-5;;;/h2*3-4H,1-2H3;2*1H;/q;;;;+2/p-2. The molecule has 0 saturated carbocycles. The van der Waals surface area contributed by atoms with E-state index >= 15 is 0 Å². The average Bonchev–Trinajstić information content (AvgIpc) is 2.57. The van der Waals surface area contributed by atoms with Crippen LogP contribution in [0.15, 0.2) is 24.3 Å². The summed E-state index contributed by atoms with van der Waals surface area (Å²) in [6.07, 6.45) is 9.60. The summed E-state index contributed by atoms with van der Waals surface area (Å²) in [7, 11) is 3.15. The van der Waals surface area contributed by atoms with Crippen molar-refractivity contribution in [2.45, 2.75) is 33.4 Å². The van der Waals surface area contributed by atoms with Crippen LogP contribution in [0.1, 0.15) is 27.7 Å². The zero-order chi connectivity index (χ0) is 11.1. The zero-order valence-corrected chi connectivity index (χ0v) is 16.2. The Bertz CT molecular complexity index is 377. The fraction of sp³-hybridized carbons (Fsp3) is 0.500. The minimum absolute atomic E-state index is 0. The van der Waals surface area contributed by atoms with Crippen molar-refractivity contribution in [3.05, 3.63) is 24.3 Å². The number of allylic oxidation sites excluding steroid dienone is 4. The average molecular weight is 384 g/mol. The third-order valence-corrected chi connectivity index (χ3v) is 11.1. The van der Waals surface area contributed by atoms with Gasteiger partial charge in [0.2, 0.25) is 0 Å². The zero-order valence-electron chi connectivity index (χ0n) is 10.5. The van der Waals surface area contributed by atoms with Crippen LogP contribution < -0.4 is 24.8 Å². The van der Waals surface area contributed by atoms with Gasteiger partial charge in [0, 0.05) is 0 Å². The molecule has 0 aliphatic carbocycles. The van der Waals surface area contributed by atoms with Crippen molar-refractivity contribution in [1.82, 2.24) is 0 Å². The molecule has 0 saturated heterocycles. The summed E-state index contributed by atoms with van der Waals surface area (Å²) in [4.78, 5) is 0. The van der Waals surface area contributed by atoms with E-state index in [-0.39, 0.29) is 24.8 Å². The van der Waals surface area contributed by atoms with Crippen LogP contribution in [0.25, 0.3) is 0 Å². The van der Waals surface area contributed by atoms with Gasteiger partial charge in [-0.25, -0.2) is 0 Å². The minimum atomic E-state index is -0.443. The van der Waals surface area contributed by atoms with Gasteiger partial charge in [-0.2, -0.15) is 0 Å². The van der Waals surface area contributed by atoms with Crippen molar-refractivity contribution in [2.24, 2.45) is 0 Å². The van der Waals surface area contributed by atoms with Crippen molar-refractivity contribution in [3.8, 4) is 0 Å². The second-order valence-electron chi connectivity index (χ2n) is 4.59. The fourth-order valence-electron chi connectivity index (χ4n) is 2.10. The normalized spacial score (nSPS) is 35.3. The molecule has 0 spiro atoms. The first-order chi connectivity index (χ1) is 6.91. The maximum Gasteiger partial charge on any atom is -1.00 e. The Morgan fingerprint density at radius 1 is 0.882 bits per heavy atom. The van der Waals surface area contributed by atoms with Gasteiger partial charge in [-0.05, 0) is 0 Å². The van der Waals surface area contributed by atoms with Crippen LogP contribution in [0.4, 0.5) is 0 Å². The van der Waals surface area contributed by atoms with E-state index in [4.69, 9.17) is 0 Å².